The van der Waals surface area contributed by atoms with Gasteiger partial charge < -0.3 is 10.8 Å². The molecule has 0 unspecified atom stereocenters. The van der Waals surface area contributed by atoms with Crippen LogP contribution in [0.25, 0.3) is 0 Å². The summed E-state index contributed by atoms with van der Waals surface area (Å²) >= 11 is 3.87. The van der Waals surface area contributed by atoms with E-state index in [0.29, 0.717) is 12.0 Å². The molecule has 1 rings (SSSR count). The molecular formula is C8H11N3O2S. The number of rotatable bonds is 3. The van der Waals surface area contributed by atoms with Crippen LogP contribution in [0.1, 0.15) is 29.4 Å². The molecule has 0 spiro atoms. The lowest BCUT2D eigenvalue weighted by Crippen LogP contribution is -2.11. The lowest BCUT2D eigenvalue weighted by Gasteiger charge is -2.06. The molecule has 0 radical (unpaired) electrons. The molecule has 0 saturated heterocycles. The number of hydrogen-bond donors (Lipinski definition) is 3. The zero-order valence-electron chi connectivity index (χ0n) is 7.69. The van der Waals surface area contributed by atoms with Crippen LogP contribution in [0.2, 0.25) is 0 Å². The first-order valence-electron chi connectivity index (χ1n) is 4.15. The monoisotopic (exact) mass is 213 g/mol. The summed E-state index contributed by atoms with van der Waals surface area (Å²) in [5.74, 6) is -0.901. The van der Waals surface area contributed by atoms with Crippen molar-refractivity contribution in [3.8, 4) is 0 Å². The number of aromatic carboxylic acids is 1. The van der Waals surface area contributed by atoms with Crippen LogP contribution in [-0.2, 0) is 6.42 Å². The van der Waals surface area contributed by atoms with Crippen molar-refractivity contribution in [1.29, 1.82) is 0 Å². The highest BCUT2D eigenvalue weighted by Crippen LogP contribution is 2.17. The number of anilines is 1. The molecule has 0 amide bonds. The molecule has 6 heteroatoms. The Morgan fingerprint density at radius 1 is 1.57 bits per heavy atom. The fraction of sp³-hybridized carbons (Fsp3) is 0.375. The summed E-state index contributed by atoms with van der Waals surface area (Å²) in [6.45, 7) is 1.93. The summed E-state index contributed by atoms with van der Waals surface area (Å²) in [4.78, 5) is 18.3. The standard InChI is InChI=1S/C8H11N3O2S/c1-2-3-4-5(7(12)13)10-8(14)11-6(4)9/h2-3H2,1H3,(H,12,13)(H3,9,10,11,14). The lowest BCUT2D eigenvalue weighted by molar-refractivity contribution is 0.0688. The van der Waals surface area contributed by atoms with Crippen LogP contribution in [-0.4, -0.2) is 21.0 Å². The predicted molar refractivity (Wildman–Crippen MR) is 54.7 cm³/mol. The van der Waals surface area contributed by atoms with Crippen molar-refractivity contribution < 1.29 is 9.90 Å². The van der Waals surface area contributed by atoms with Gasteiger partial charge in [-0.15, -0.1) is 12.6 Å². The van der Waals surface area contributed by atoms with E-state index in [1.165, 1.54) is 0 Å². The van der Waals surface area contributed by atoms with E-state index in [9.17, 15) is 4.79 Å². The van der Waals surface area contributed by atoms with Gasteiger partial charge in [0.2, 0.25) is 0 Å². The predicted octanol–water partition coefficient (Wildman–Crippen LogP) is 0.998. The Bertz CT molecular complexity index is 368. The fourth-order valence-electron chi connectivity index (χ4n) is 1.16. The molecule has 76 valence electrons. The summed E-state index contributed by atoms with van der Waals surface area (Å²) in [5.41, 5.74) is 6.02. The van der Waals surface area contributed by atoms with Gasteiger partial charge >= 0.3 is 5.97 Å². The van der Waals surface area contributed by atoms with Crippen LogP contribution in [0.5, 0.6) is 0 Å². The van der Waals surface area contributed by atoms with E-state index in [-0.39, 0.29) is 16.7 Å². The largest absolute Gasteiger partial charge is 0.476 e. The third-order valence-corrected chi connectivity index (χ3v) is 1.93. The molecule has 0 fully saturated rings. The van der Waals surface area contributed by atoms with Crippen molar-refractivity contribution in [2.75, 3.05) is 5.73 Å². The number of nitrogens with two attached hydrogens (primary N) is 1. The Labute approximate surface area is 86.8 Å². The molecule has 5 nitrogen and oxygen atoms in total. The number of nitrogens with zero attached hydrogens (tertiary/aromatic N) is 2. The van der Waals surface area contributed by atoms with Gasteiger partial charge in [0, 0.05) is 5.56 Å². The third-order valence-electron chi connectivity index (χ3n) is 1.73. The number of aromatic nitrogens is 2. The van der Waals surface area contributed by atoms with Gasteiger partial charge in [0.15, 0.2) is 10.9 Å². The second kappa shape index (κ2) is 4.28. The Morgan fingerprint density at radius 2 is 2.21 bits per heavy atom. The average molecular weight is 213 g/mol. The van der Waals surface area contributed by atoms with Crippen LogP contribution in [0.3, 0.4) is 0 Å². The number of carboxylic acid groups (broad SMARTS) is 1. The molecular weight excluding hydrogens is 202 g/mol. The van der Waals surface area contributed by atoms with Crippen molar-refractivity contribution in [2.45, 2.75) is 24.9 Å². The Kier molecular flexibility index (Phi) is 3.29. The van der Waals surface area contributed by atoms with Crippen molar-refractivity contribution in [3.63, 3.8) is 0 Å². The quantitative estimate of drug-likeness (QED) is 0.515. The Balaban J connectivity index is 3.28. The van der Waals surface area contributed by atoms with Gasteiger partial charge in [-0.1, -0.05) is 13.3 Å². The minimum Gasteiger partial charge on any atom is -0.476 e. The maximum Gasteiger partial charge on any atom is 0.355 e. The molecule has 0 atom stereocenters. The highest BCUT2D eigenvalue weighted by molar-refractivity contribution is 7.80. The van der Waals surface area contributed by atoms with Crippen molar-refractivity contribution in [2.24, 2.45) is 0 Å². The van der Waals surface area contributed by atoms with Crippen LogP contribution >= 0.6 is 12.6 Å². The molecule has 0 aliphatic heterocycles. The van der Waals surface area contributed by atoms with E-state index in [1.807, 2.05) is 6.92 Å². The molecule has 14 heavy (non-hydrogen) atoms. The second-order valence-corrected chi connectivity index (χ2v) is 3.19. The molecule has 0 bridgehead atoms. The Hall–Kier alpha value is -1.30. The maximum absolute atomic E-state index is 10.8. The number of nitrogen functional groups attached to an aromatic ring is 1. The third kappa shape index (κ3) is 2.14. The summed E-state index contributed by atoms with van der Waals surface area (Å²) in [6, 6.07) is 0. The SMILES string of the molecule is CCCc1c(N)nc(S)nc1C(=O)O. The van der Waals surface area contributed by atoms with Crippen molar-refractivity contribution >= 4 is 24.4 Å². The number of carbonyl (C=O) groups is 1. The van der Waals surface area contributed by atoms with Gasteiger partial charge in [0.25, 0.3) is 0 Å². The summed E-state index contributed by atoms with van der Waals surface area (Å²) in [6.07, 6.45) is 1.35. The lowest BCUT2D eigenvalue weighted by atomic mass is 10.1. The highest BCUT2D eigenvalue weighted by atomic mass is 32.1. The minimum atomic E-state index is -1.10. The van der Waals surface area contributed by atoms with Crippen LogP contribution in [0.4, 0.5) is 5.82 Å². The van der Waals surface area contributed by atoms with E-state index in [4.69, 9.17) is 10.8 Å². The molecule has 1 heterocycles. The van der Waals surface area contributed by atoms with E-state index < -0.39 is 5.97 Å². The van der Waals surface area contributed by atoms with Gasteiger partial charge in [0.05, 0.1) is 0 Å². The van der Waals surface area contributed by atoms with Crippen molar-refractivity contribution in [1.82, 2.24) is 9.97 Å². The normalized spacial score (nSPS) is 10.1. The van der Waals surface area contributed by atoms with Crippen LogP contribution in [0, 0.1) is 0 Å². The molecule has 1 aromatic heterocycles. The van der Waals surface area contributed by atoms with Gasteiger partial charge in [-0.05, 0) is 6.42 Å². The molecule has 0 aliphatic carbocycles. The van der Waals surface area contributed by atoms with E-state index >= 15 is 0 Å². The zero-order valence-corrected chi connectivity index (χ0v) is 8.58. The molecule has 3 N–H and O–H groups in total. The number of thiol groups is 1. The topological polar surface area (TPSA) is 89.1 Å². The smallest absolute Gasteiger partial charge is 0.355 e. The second-order valence-electron chi connectivity index (χ2n) is 2.79. The Morgan fingerprint density at radius 3 is 2.71 bits per heavy atom. The van der Waals surface area contributed by atoms with Gasteiger partial charge in [-0.3, -0.25) is 0 Å². The summed E-state index contributed by atoms with van der Waals surface area (Å²) in [7, 11) is 0. The van der Waals surface area contributed by atoms with Gasteiger partial charge in [-0.25, -0.2) is 14.8 Å². The average Bonchev–Trinajstić information content (AvgIpc) is 2.09. The molecule has 0 aromatic carbocycles. The van der Waals surface area contributed by atoms with Crippen LogP contribution in [0.15, 0.2) is 5.16 Å². The first-order valence-corrected chi connectivity index (χ1v) is 4.59. The minimum absolute atomic E-state index is 0.0515. The summed E-state index contributed by atoms with van der Waals surface area (Å²) < 4.78 is 0. The molecule has 0 saturated carbocycles. The van der Waals surface area contributed by atoms with Gasteiger partial charge in [0.1, 0.15) is 5.82 Å². The maximum atomic E-state index is 10.8. The molecule has 0 aliphatic rings. The van der Waals surface area contributed by atoms with E-state index in [1.54, 1.807) is 0 Å². The van der Waals surface area contributed by atoms with E-state index in [2.05, 4.69) is 22.6 Å². The summed E-state index contributed by atoms with van der Waals surface area (Å²) in [5, 5.41) is 8.94. The van der Waals surface area contributed by atoms with E-state index in [0.717, 1.165) is 6.42 Å². The fourth-order valence-corrected chi connectivity index (χ4v) is 1.37. The van der Waals surface area contributed by atoms with Gasteiger partial charge in [-0.2, -0.15) is 0 Å². The number of carboxylic acids is 1. The zero-order chi connectivity index (χ0) is 10.7. The van der Waals surface area contributed by atoms with Crippen LogP contribution < -0.4 is 5.73 Å². The highest BCUT2D eigenvalue weighted by Gasteiger charge is 2.16. The first-order chi connectivity index (χ1) is 6.56. The van der Waals surface area contributed by atoms with Crippen molar-refractivity contribution in [3.05, 3.63) is 11.3 Å². The molecule has 1 aromatic rings. The first kappa shape index (κ1) is 10.8. The number of hydrogen-bond acceptors (Lipinski definition) is 5.